The van der Waals surface area contributed by atoms with Gasteiger partial charge in [-0.05, 0) is 35.4 Å². The minimum absolute atomic E-state index is 0. The first kappa shape index (κ1) is 12.7. The molecule has 0 unspecified atom stereocenters. The monoisotopic (exact) mass is 226 g/mol. The Kier molecular flexibility index (Phi) is 4.82. The van der Waals surface area contributed by atoms with Gasteiger partial charge in [-0.1, -0.05) is 24.3 Å². The normalized spacial score (nSPS) is 9.33. The van der Waals surface area contributed by atoms with Crippen LogP contribution in [0.2, 0.25) is 0 Å². The summed E-state index contributed by atoms with van der Waals surface area (Å²) in [6.45, 7) is 0. The fourth-order valence-corrected chi connectivity index (χ4v) is 1.31. The van der Waals surface area contributed by atoms with Crippen molar-refractivity contribution in [1.82, 2.24) is 0 Å². The third-order valence-corrected chi connectivity index (χ3v) is 2.07. The fourth-order valence-electron chi connectivity index (χ4n) is 1.31. The molecule has 2 N–H and O–H groups in total. The second kappa shape index (κ2) is 5.68. The first-order valence-corrected chi connectivity index (χ1v) is 4.34. The van der Waals surface area contributed by atoms with Crippen molar-refractivity contribution in [3.8, 4) is 22.6 Å². The van der Waals surface area contributed by atoms with Gasteiger partial charge in [-0.3, -0.25) is 0 Å². The second-order valence-corrected chi connectivity index (χ2v) is 3.09. The van der Waals surface area contributed by atoms with E-state index in [-0.39, 0.29) is 64.3 Å². The number of hydrogen-bond donors (Lipinski definition) is 2. The Bertz CT molecular complexity index is 382. The molecule has 0 spiro atoms. The van der Waals surface area contributed by atoms with Crippen molar-refractivity contribution in [1.29, 1.82) is 0 Å². The summed E-state index contributed by atoms with van der Waals surface area (Å²) < 4.78 is 0. The summed E-state index contributed by atoms with van der Waals surface area (Å²) in [5.74, 6) is 0.514. The number of benzene rings is 2. The van der Waals surface area contributed by atoms with E-state index in [1.165, 1.54) is 0 Å². The molecular weight excluding hydrogens is 215 g/mol. The van der Waals surface area contributed by atoms with Crippen LogP contribution in [0.25, 0.3) is 11.1 Å². The zero-order valence-electron chi connectivity index (χ0n) is 9.51. The molecule has 0 fully saturated rings. The molecule has 15 heavy (non-hydrogen) atoms. The molecule has 2 rings (SSSR count). The molecule has 2 aromatic carbocycles. The van der Waals surface area contributed by atoms with Crippen LogP contribution in [-0.2, 0) is 0 Å². The van der Waals surface area contributed by atoms with Crippen LogP contribution in [0.4, 0.5) is 0 Å². The average Bonchev–Trinajstić information content (AvgIpc) is 2.21. The predicted molar refractivity (Wildman–Crippen MR) is 56.3 cm³/mol. The van der Waals surface area contributed by atoms with E-state index in [0.717, 1.165) is 11.1 Å². The maximum atomic E-state index is 9.11. The van der Waals surface area contributed by atoms with Gasteiger partial charge in [0.05, 0.1) is 0 Å². The molecule has 0 heterocycles. The van der Waals surface area contributed by atoms with E-state index in [4.69, 9.17) is 10.2 Å². The minimum atomic E-state index is 0. The van der Waals surface area contributed by atoms with Crippen LogP contribution in [0, 0.1) is 0 Å². The van der Waals surface area contributed by atoms with Gasteiger partial charge in [-0.2, -0.15) is 0 Å². The van der Waals surface area contributed by atoms with E-state index >= 15 is 0 Å². The third kappa shape index (κ3) is 3.33. The second-order valence-electron chi connectivity index (χ2n) is 3.09. The standard InChI is InChI=1S/C12H10O2.K.H/c13-11-5-1-9(2-6-11)10-3-7-12(14)8-4-10;;/h1-8,13-14H;;/q;+1;-1. The average molecular weight is 226 g/mol. The molecule has 0 amide bonds. The van der Waals surface area contributed by atoms with E-state index in [1.54, 1.807) is 24.3 Å². The zero-order valence-corrected chi connectivity index (χ0v) is 11.6. The maximum absolute atomic E-state index is 9.11. The molecule has 0 saturated heterocycles. The summed E-state index contributed by atoms with van der Waals surface area (Å²) in [6.07, 6.45) is 0. The first-order chi connectivity index (χ1) is 6.75. The van der Waals surface area contributed by atoms with E-state index in [2.05, 4.69) is 0 Å². The summed E-state index contributed by atoms with van der Waals surface area (Å²) in [7, 11) is 0. The van der Waals surface area contributed by atoms with Crippen molar-refractivity contribution in [2.24, 2.45) is 0 Å². The van der Waals surface area contributed by atoms with Gasteiger partial charge in [0.25, 0.3) is 0 Å². The van der Waals surface area contributed by atoms with Crippen LogP contribution in [0.5, 0.6) is 11.5 Å². The fraction of sp³-hybridized carbons (Fsp3) is 0. The Morgan fingerprint density at radius 1 is 0.600 bits per heavy atom. The molecule has 72 valence electrons. The number of phenolic OH excluding ortho intramolecular Hbond substituents is 2. The van der Waals surface area contributed by atoms with Crippen molar-refractivity contribution < 1.29 is 63.0 Å². The van der Waals surface area contributed by atoms with Gasteiger partial charge in [-0.25, -0.2) is 0 Å². The van der Waals surface area contributed by atoms with E-state index in [0.29, 0.717) is 0 Å². The van der Waals surface area contributed by atoms with Crippen LogP contribution < -0.4 is 51.4 Å². The summed E-state index contributed by atoms with van der Waals surface area (Å²) in [6, 6.07) is 13.9. The number of rotatable bonds is 1. The molecular formula is C12H11KO2. The van der Waals surface area contributed by atoms with Crippen molar-refractivity contribution in [3.63, 3.8) is 0 Å². The molecule has 0 atom stereocenters. The van der Waals surface area contributed by atoms with Crippen LogP contribution >= 0.6 is 0 Å². The van der Waals surface area contributed by atoms with Crippen LogP contribution in [-0.4, -0.2) is 10.2 Å². The summed E-state index contributed by atoms with van der Waals surface area (Å²) in [5, 5.41) is 18.2. The van der Waals surface area contributed by atoms with E-state index < -0.39 is 0 Å². The van der Waals surface area contributed by atoms with Crippen molar-refractivity contribution >= 4 is 0 Å². The molecule has 2 nitrogen and oxygen atoms in total. The molecule has 0 saturated carbocycles. The largest absolute Gasteiger partial charge is 1.00 e. The molecule has 0 aliphatic heterocycles. The minimum Gasteiger partial charge on any atom is -1.00 e. The molecule has 0 aliphatic carbocycles. The Labute approximate surface area is 132 Å². The molecule has 3 heteroatoms. The molecule has 0 bridgehead atoms. The molecule has 0 radical (unpaired) electrons. The molecule has 0 aliphatic rings. The van der Waals surface area contributed by atoms with Crippen LogP contribution in [0.1, 0.15) is 1.43 Å². The van der Waals surface area contributed by atoms with E-state index in [1.807, 2.05) is 24.3 Å². The van der Waals surface area contributed by atoms with Crippen molar-refractivity contribution in [2.45, 2.75) is 0 Å². The van der Waals surface area contributed by atoms with Gasteiger partial charge in [0.1, 0.15) is 11.5 Å². The van der Waals surface area contributed by atoms with Gasteiger partial charge in [0.15, 0.2) is 0 Å². The molecule has 0 aromatic heterocycles. The van der Waals surface area contributed by atoms with Crippen molar-refractivity contribution in [2.75, 3.05) is 0 Å². The summed E-state index contributed by atoms with van der Waals surface area (Å²) in [5.41, 5.74) is 2.03. The predicted octanol–water partition coefficient (Wildman–Crippen LogP) is -0.119. The van der Waals surface area contributed by atoms with Crippen LogP contribution in [0.3, 0.4) is 0 Å². The van der Waals surface area contributed by atoms with E-state index in [9.17, 15) is 0 Å². The van der Waals surface area contributed by atoms with Gasteiger partial charge < -0.3 is 11.6 Å². The summed E-state index contributed by atoms with van der Waals surface area (Å²) >= 11 is 0. The number of aromatic hydroxyl groups is 2. The number of hydrogen-bond acceptors (Lipinski definition) is 2. The van der Waals surface area contributed by atoms with Gasteiger partial charge in [0, 0.05) is 0 Å². The Balaban J connectivity index is 0.00000112. The maximum Gasteiger partial charge on any atom is 1.00 e. The SMILES string of the molecule is Oc1ccc(-c2ccc(O)cc2)cc1.[H-].[K+]. The van der Waals surface area contributed by atoms with Gasteiger partial charge in [-0.15, -0.1) is 0 Å². The molecule has 2 aromatic rings. The summed E-state index contributed by atoms with van der Waals surface area (Å²) in [4.78, 5) is 0. The first-order valence-electron chi connectivity index (χ1n) is 4.34. The smallest absolute Gasteiger partial charge is 1.00 e. The van der Waals surface area contributed by atoms with Crippen molar-refractivity contribution in [3.05, 3.63) is 48.5 Å². The zero-order chi connectivity index (χ0) is 9.97. The Morgan fingerprint density at radius 2 is 0.867 bits per heavy atom. The van der Waals surface area contributed by atoms with Crippen LogP contribution in [0.15, 0.2) is 48.5 Å². The third-order valence-electron chi connectivity index (χ3n) is 2.07. The quantitative estimate of drug-likeness (QED) is 0.666. The topological polar surface area (TPSA) is 40.5 Å². The number of phenols is 2. The Hall–Kier alpha value is -0.324. The van der Waals surface area contributed by atoms with Gasteiger partial charge >= 0.3 is 51.4 Å². The Morgan fingerprint density at radius 3 is 1.13 bits per heavy atom. The van der Waals surface area contributed by atoms with Gasteiger partial charge in [0.2, 0.25) is 0 Å².